The van der Waals surface area contributed by atoms with Gasteiger partial charge in [0.25, 0.3) is 5.91 Å². The van der Waals surface area contributed by atoms with Gasteiger partial charge in [-0.3, -0.25) is 4.79 Å². The van der Waals surface area contributed by atoms with E-state index in [1.54, 1.807) is 9.80 Å². The first-order chi connectivity index (χ1) is 13.0. The lowest BCUT2D eigenvalue weighted by molar-refractivity contribution is 0.0124. The lowest BCUT2D eigenvalue weighted by atomic mass is 9.96. The van der Waals surface area contributed by atoms with Gasteiger partial charge in [0.05, 0.1) is 5.56 Å². The molecule has 1 aliphatic rings. The van der Waals surface area contributed by atoms with E-state index in [0.29, 0.717) is 19.6 Å². The third-order valence-electron chi connectivity index (χ3n) is 4.67. The highest BCUT2D eigenvalue weighted by molar-refractivity contribution is 5.94. The summed E-state index contributed by atoms with van der Waals surface area (Å²) in [6, 6.07) is 2.84. The van der Waals surface area contributed by atoms with Crippen molar-refractivity contribution in [2.24, 2.45) is 5.92 Å². The number of carbonyl (C=O) groups excluding carboxylic acids is 2. The molecule has 5 nitrogen and oxygen atoms in total. The summed E-state index contributed by atoms with van der Waals surface area (Å²) in [5.41, 5.74) is -0.846. The lowest BCUT2D eigenvalue weighted by Crippen LogP contribution is -2.48. The second kappa shape index (κ2) is 8.88. The topological polar surface area (TPSA) is 49.9 Å². The van der Waals surface area contributed by atoms with Crippen LogP contribution in [0.4, 0.5) is 13.6 Å². The van der Waals surface area contributed by atoms with Crippen molar-refractivity contribution < 1.29 is 23.1 Å². The first-order valence-electron chi connectivity index (χ1n) is 9.72. The molecule has 0 spiro atoms. The Bertz CT molecular complexity index is 716. The van der Waals surface area contributed by atoms with Crippen molar-refractivity contribution in [3.05, 3.63) is 35.4 Å². The van der Waals surface area contributed by atoms with Crippen LogP contribution in [0.3, 0.4) is 0 Å². The summed E-state index contributed by atoms with van der Waals surface area (Å²) in [4.78, 5) is 28.4. The highest BCUT2D eigenvalue weighted by Gasteiger charge is 2.31. The number of amides is 2. The molecule has 0 saturated carbocycles. The van der Waals surface area contributed by atoms with E-state index < -0.39 is 23.1 Å². The fourth-order valence-electron chi connectivity index (χ4n) is 3.33. The van der Waals surface area contributed by atoms with E-state index in [9.17, 15) is 18.4 Å². The summed E-state index contributed by atoms with van der Waals surface area (Å²) in [6.45, 7) is 10.6. The van der Waals surface area contributed by atoms with Crippen molar-refractivity contribution in [3.8, 4) is 0 Å². The van der Waals surface area contributed by atoms with Crippen LogP contribution in [-0.4, -0.2) is 53.1 Å². The van der Waals surface area contributed by atoms with E-state index >= 15 is 0 Å². The molecule has 0 bridgehead atoms. The molecule has 1 fully saturated rings. The molecule has 1 aliphatic heterocycles. The monoisotopic (exact) mass is 396 g/mol. The highest BCUT2D eigenvalue weighted by atomic mass is 19.1. The van der Waals surface area contributed by atoms with Crippen molar-refractivity contribution in [2.45, 2.75) is 59.1 Å². The summed E-state index contributed by atoms with van der Waals surface area (Å²) >= 11 is 0. The molecule has 0 aromatic heterocycles. The van der Waals surface area contributed by atoms with E-state index in [0.717, 1.165) is 31.0 Å². The molecule has 0 radical (unpaired) electrons. The molecule has 28 heavy (non-hydrogen) atoms. The van der Waals surface area contributed by atoms with Crippen molar-refractivity contribution in [2.75, 3.05) is 19.6 Å². The predicted molar refractivity (Wildman–Crippen MR) is 103 cm³/mol. The number of nitrogens with zero attached hydrogens (tertiary/aromatic N) is 2. The average molecular weight is 396 g/mol. The first kappa shape index (κ1) is 22.1. The minimum Gasteiger partial charge on any atom is -0.444 e. The van der Waals surface area contributed by atoms with Crippen LogP contribution in [0.25, 0.3) is 0 Å². The minimum atomic E-state index is -0.730. The van der Waals surface area contributed by atoms with Gasteiger partial charge < -0.3 is 14.5 Å². The maximum Gasteiger partial charge on any atom is 0.410 e. The van der Waals surface area contributed by atoms with E-state index in [-0.39, 0.29) is 23.6 Å². The average Bonchev–Trinajstić information content (AvgIpc) is 2.59. The third kappa shape index (κ3) is 5.91. The van der Waals surface area contributed by atoms with Gasteiger partial charge in [-0.2, -0.15) is 0 Å². The van der Waals surface area contributed by atoms with Gasteiger partial charge in [0, 0.05) is 25.7 Å². The van der Waals surface area contributed by atoms with Crippen LogP contribution in [0.2, 0.25) is 0 Å². The van der Waals surface area contributed by atoms with Gasteiger partial charge in [-0.1, -0.05) is 0 Å². The molecule has 2 amide bonds. The summed E-state index contributed by atoms with van der Waals surface area (Å²) in [5, 5.41) is 0. The van der Waals surface area contributed by atoms with E-state index in [2.05, 4.69) is 0 Å². The first-order valence-corrected chi connectivity index (χ1v) is 9.72. The molecule has 1 aromatic carbocycles. The molecule has 1 atom stereocenters. The van der Waals surface area contributed by atoms with Crippen LogP contribution >= 0.6 is 0 Å². The largest absolute Gasteiger partial charge is 0.444 e. The number of carbonyl (C=O) groups is 2. The van der Waals surface area contributed by atoms with Gasteiger partial charge in [0.2, 0.25) is 0 Å². The molecule has 1 aromatic rings. The Morgan fingerprint density at radius 1 is 1.29 bits per heavy atom. The van der Waals surface area contributed by atoms with Gasteiger partial charge in [-0.05, 0) is 71.6 Å². The second-order valence-corrected chi connectivity index (χ2v) is 8.61. The fraction of sp³-hybridized carbons (Fsp3) is 0.619. The smallest absolute Gasteiger partial charge is 0.410 e. The lowest BCUT2D eigenvalue weighted by Gasteiger charge is -2.37. The maximum atomic E-state index is 14.0. The van der Waals surface area contributed by atoms with Crippen LogP contribution in [-0.2, 0) is 4.74 Å². The van der Waals surface area contributed by atoms with Crippen molar-refractivity contribution >= 4 is 12.0 Å². The maximum absolute atomic E-state index is 14.0. The SMILES string of the molecule is CC(C)N(CC1CCCN(C(=O)c2cc(F)ccc2F)C1)C(=O)OC(C)(C)C. The van der Waals surface area contributed by atoms with Crippen LogP contribution in [0.1, 0.15) is 57.8 Å². The zero-order valence-electron chi connectivity index (χ0n) is 17.3. The molecular weight excluding hydrogens is 366 g/mol. The molecule has 1 unspecified atom stereocenters. The summed E-state index contributed by atoms with van der Waals surface area (Å²) in [6.07, 6.45) is 1.21. The Morgan fingerprint density at radius 2 is 1.96 bits per heavy atom. The highest BCUT2D eigenvalue weighted by Crippen LogP contribution is 2.23. The number of benzene rings is 1. The number of halogens is 2. The van der Waals surface area contributed by atoms with Crippen LogP contribution in [0, 0.1) is 17.6 Å². The number of likely N-dealkylation sites (tertiary alicyclic amines) is 1. The standard InChI is InChI=1S/C21H30F2N2O3/c1-14(2)25(20(27)28-21(3,4)5)13-15-7-6-10-24(12-15)19(26)17-11-16(22)8-9-18(17)23/h8-9,11,14-15H,6-7,10,12-13H2,1-5H3. The number of piperidine rings is 1. The molecule has 7 heteroatoms. The molecule has 1 saturated heterocycles. The molecule has 156 valence electrons. The van der Waals surface area contributed by atoms with E-state index in [1.807, 2.05) is 34.6 Å². The van der Waals surface area contributed by atoms with Crippen LogP contribution in [0.15, 0.2) is 18.2 Å². The molecular formula is C21H30F2N2O3. The Labute approximate surface area is 165 Å². The normalized spacial score (nSPS) is 17.6. The third-order valence-corrected chi connectivity index (χ3v) is 4.67. The Morgan fingerprint density at radius 3 is 2.57 bits per heavy atom. The van der Waals surface area contributed by atoms with Crippen molar-refractivity contribution in [1.82, 2.24) is 9.80 Å². The van der Waals surface area contributed by atoms with Crippen molar-refractivity contribution in [1.29, 1.82) is 0 Å². The van der Waals surface area contributed by atoms with E-state index in [4.69, 9.17) is 4.74 Å². The molecule has 2 rings (SSSR count). The van der Waals surface area contributed by atoms with Gasteiger partial charge in [-0.15, -0.1) is 0 Å². The summed E-state index contributed by atoms with van der Waals surface area (Å²) < 4.78 is 32.9. The quantitative estimate of drug-likeness (QED) is 0.755. The minimum absolute atomic E-state index is 0.0456. The zero-order valence-corrected chi connectivity index (χ0v) is 17.3. The van der Waals surface area contributed by atoms with E-state index in [1.165, 1.54) is 0 Å². The van der Waals surface area contributed by atoms with Gasteiger partial charge >= 0.3 is 6.09 Å². The van der Waals surface area contributed by atoms with Crippen molar-refractivity contribution in [3.63, 3.8) is 0 Å². The zero-order chi connectivity index (χ0) is 21.1. The Balaban J connectivity index is 2.08. The molecule has 0 aliphatic carbocycles. The molecule has 0 N–H and O–H groups in total. The number of rotatable bonds is 4. The number of hydrogen-bond donors (Lipinski definition) is 0. The molecule has 1 heterocycles. The van der Waals surface area contributed by atoms with Crippen LogP contribution < -0.4 is 0 Å². The Hall–Kier alpha value is -2.18. The fourth-order valence-corrected chi connectivity index (χ4v) is 3.33. The van der Waals surface area contributed by atoms with Gasteiger partial charge in [0.1, 0.15) is 17.2 Å². The second-order valence-electron chi connectivity index (χ2n) is 8.61. The number of ether oxygens (including phenoxy) is 1. The Kier molecular flexibility index (Phi) is 7.01. The summed E-state index contributed by atoms with van der Waals surface area (Å²) in [7, 11) is 0. The van der Waals surface area contributed by atoms with Crippen LogP contribution in [0.5, 0.6) is 0 Å². The van der Waals surface area contributed by atoms with Gasteiger partial charge in [-0.25, -0.2) is 13.6 Å². The predicted octanol–water partition coefficient (Wildman–Crippen LogP) is 4.46. The summed E-state index contributed by atoms with van der Waals surface area (Å²) in [5.74, 6) is -1.85. The van der Waals surface area contributed by atoms with Gasteiger partial charge in [0.15, 0.2) is 0 Å². The number of hydrogen-bond acceptors (Lipinski definition) is 3.